The van der Waals surface area contributed by atoms with E-state index in [2.05, 4.69) is 28.0 Å². The Kier molecular flexibility index (Phi) is 4.68. The van der Waals surface area contributed by atoms with E-state index in [1.807, 2.05) is 18.8 Å². The molecule has 1 atom stereocenters. The fraction of sp³-hybridized carbons (Fsp3) is 0.600. The number of aromatic nitrogens is 2. The molecule has 4 nitrogen and oxygen atoms in total. The highest BCUT2D eigenvalue weighted by atomic mass is 32.2. The van der Waals surface area contributed by atoms with E-state index < -0.39 is 0 Å². The van der Waals surface area contributed by atoms with Crippen molar-refractivity contribution < 1.29 is 0 Å². The second kappa shape index (κ2) is 5.80. The van der Waals surface area contributed by atoms with Crippen LogP contribution in [0.4, 0.5) is 11.6 Å². The number of anilines is 2. The van der Waals surface area contributed by atoms with E-state index in [9.17, 15) is 0 Å². The van der Waals surface area contributed by atoms with Crippen molar-refractivity contribution in [2.45, 2.75) is 19.4 Å². The lowest BCUT2D eigenvalue weighted by atomic mass is 10.2. The molecule has 0 radical (unpaired) electrons. The van der Waals surface area contributed by atoms with Crippen LogP contribution in [0.15, 0.2) is 12.4 Å². The molecule has 15 heavy (non-hydrogen) atoms. The molecular formula is C10H18N4S. The predicted molar refractivity (Wildman–Crippen MR) is 67.3 cm³/mol. The van der Waals surface area contributed by atoms with E-state index in [0.29, 0.717) is 11.9 Å². The van der Waals surface area contributed by atoms with Gasteiger partial charge in [-0.15, -0.1) is 0 Å². The summed E-state index contributed by atoms with van der Waals surface area (Å²) >= 11 is 1.83. The molecular weight excluding hydrogens is 208 g/mol. The van der Waals surface area contributed by atoms with Crippen LogP contribution in [0.1, 0.15) is 13.3 Å². The van der Waals surface area contributed by atoms with Crippen molar-refractivity contribution >= 4 is 23.4 Å². The van der Waals surface area contributed by atoms with Gasteiger partial charge in [0.25, 0.3) is 0 Å². The highest BCUT2D eigenvalue weighted by molar-refractivity contribution is 7.98. The van der Waals surface area contributed by atoms with Crippen molar-refractivity contribution in [3.05, 3.63) is 12.4 Å². The van der Waals surface area contributed by atoms with Crippen molar-refractivity contribution in [2.75, 3.05) is 29.7 Å². The monoisotopic (exact) mass is 226 g/mol. The van der Waals surface area contributed by atoms with Crippen molar-refractivity contribution in [3.8, 4) is 0 Å². The van der Waals surface area contributed by atoms with Gasteiger partial charge in [-0.2, -0.15) is 11.8 Å². The summed E-state index contributed by atoms with van der Waals surface area (Å²) in [5.74, 6) is 2.35. The van der Waals surface area contributed by atoms with Gasteiger partial charge in [-0.1, -0.05) is 6.92 Å². The van der Waals surface area contributed by atoms with Gasteiger partial charge in [0.05, 0.1) is 0 Å². The minimum atomic E-state index is 0.457. The van der Waals surface area contributed by atoms with E-state index in [0.717, 1.165) is 18.0 Å². The predicted octanol–water partition coefficient (Wildman–Crippen LogP) is 1.64. The highest BCUT2D eigenvalue weighted by Crippen LogP contribution is 2.20. The van der Waals surface area contributed by atoms with Crippen LogP contribution < -0.4 is 10.6 Å². The Morgan fingerprint density at radius 3 is 2.67 bits per heavy atom. The molecule has 5 heteroatoms. The van der Waals surface area contributed by atoms with Crippen LogP contribution in [0.25, 0.3) is 0 Å². The first kappa shape index (κ1) is 12.1. The molecule has 0 aliphatic rings. The first-order chi connectivity index (χ1) is 7.20. The molecule has 0 saturated carbocycles. The summed E-state index contributed by atoms with van der Waals surface area (Å²) in [5, 5.41) is 0. The van der Waals surface area contributed by atoms with Crippen LogP contribution >= 0.6 is 11.8 Å². The maximum Gasteiger partial charge on any atom is 0.171 e. The van der Waals surface area contributed by atoms with Crippen molar-refractivity contribution in [3.63, 3.8) is 0 Å². The first-order valence-corrected chi connectivity index (χ1v) is 6.38. The van der Waals surface area contributed by atoms with Crippen LogP contribution in [0.3, 0.4) is 0 Å². The first-order valence-electron chi connectivity index (χ1n) is 4.99. The smallest absolute Gasteiger partial charge is 0.171 e. The average molecular weight is 226 g/mol. The molecule has 0 bridgehead atoms. The highest BCUT2D eigenvalue weighted by Gasteiger charge is 2.16. The Labute approximate surface area is 95.3 Å². The number of nitrogens with zero attached hydrogens (tertiary/aromatic N) is 3. The van der Waals surface area contributed by atoms with Gasteiger partial charge in [-0.25, -0.2) is 9.97 Å². The summed E-state index contributed by atoms with van der Waals surface area (Å²) in [4.78, 5) is 10.4. The fourth-order valence-corrected chi connectivity index (χ4v) is 2.33. The number of hydrogen-bond acceptors (Lipinski definition) is 5. The molecule has 0 saturated heterocycles. The number of thioether (sulfide) groups is 1. The summed E-state index contributed by atoms with van der Waals surface area (Å²) in [5.41, 5.74) is 5.79. The third-order valence-corrected chi connectivity index (χ3v) is 3.14. The SMILES string of the molecule is CCC(CSC)N(C)c1nccnc1N. The van der Waals surface area contributed by atoms with Gasteiger partial charge >= 0.3 is 0 Å². The quantitative estimate of drug-likeness (QED) is 0.827. The summed E-state index contributed by atoms with van der Waals surface area (Å²) in [6.45, 7) is 2.17. The number of hydrogen-bond donors (Lipinski definition) is 1. The molecule has 1 rings (SSSR count). The minimum absolute atomic E-state index is 0.457. The summed E-state index contributed by atoms with van der Waals surface area (Å²) in [6.07, 6.45) is 6.47. The second-order valence-electron chi connectivity index (χ2n) is 3.39. The van der Waals surface area contributed by atoms with Crippen LogP contribution in [-0.2, 0) is 0 Å². The van der Waals surface area contributed by atoms with Gasteiger partial charge in [0.2, 0.25) is 0 Å². The van der Waals surface area contributed by atoms with E-state index in [1.165, 1.54) is 0 Å². The van der Waals surface area contributed by atoms with Gasteiger partial charge in [-0.3, -0.25) is 0 Å². The second-order valence-corrected chi connectivity index (χ2v) is 4.30. The van der Waals surface area contributed by atoms with Crippen molar-refractivity contribution in [1.29, 1.82) is 0 Å². The van der Waals surface area contributed by atoms with Crippen LogP contribution in [0, 0.1) is 0 Å². The zero-order valence-corrected chi connectivity index (χ0v) is 10.3. The Bertz CT molecular complexity index is 305. The van der Waals surface area contributed by atoms with E-state index >= 15 is 0 Å². The lowest BCUT2D eigenvalue weighted by Gasteiger charge is -2.28. The molecule has 0 aliphatic carbocycles. The molecule has 0 fully saturated rings. The Hall–Kier alpha value is -0.970. The fourth-order valence-electron chi connectivity index (χ4n) is 1.48. The number of nitrogens with two attached hydrogens (primary N) is 1. The largest absolute Gasteiger partial charge is 0.381 e. The molecule has 0 aromatic carbocycles. The third-order valence-electron chi connectivity index (χ3n) is 2.42. The van der Waals surface area contributed by atoms with E-state index in [1.54, 1.807) is 12.4 Å². The molecule has 0 spiro atoms. The van der Waals surface area contributed by atoms with Gasteiger partial charge in [-0.05, 0) is 12.7 Å². The standard InChI is InChI=1S/C10H18N4S/c1-4-8(7-15-3)14(2)10-9(11)12-5-6-13-10/h5-6,8H,4,7H2,1-3H3,(H2,11,12). The lowest BCUT2D eigenvalue weighted by Crippen LogP contribution is -2.34. The average Bonchev–Trinajstić information content (AvgIpc) is 2.25. The lowest BCUT2D eigenvalue weighted by molar-refractivity contribution is 0.666. The van der Waals surface area contributed by atoms with Gasteiger partial charge in [0.1, 0.15) is 0 Å². The summed E-state index contributed by atoms with van der Waals surface area (Å²) in [7, 11) is 2.02. The molecule has 1 unspecified atom stereocenters. The Morgan fingerprint density at radius 2 is 2.13 bits per heavy atom. The summed E-state index contributed by atoms with van der Waals surface area (Å²) < 4.78 is 0. The normalized spacial score (nSPS) is 12.5. The molecule has 1 aromatic heterocycles. The van der Waals surface area contributed by atoms with Crippen molar-refractivity contribution in [2.24, 2.45) is 0 Å². The maximum atomic E-state index is 5.79. The Balaban J connectivity index is 2.82. The molecule has 1 heterocycles. The van der Waals surface area contributed by atoms with Crippen LogP contribution in [-0.4, -0.2) is 35.1 Å². The maximum absolute atomic E-state index is 5.79. The minimum Gasteiger partial charge on any atom is -0.381 e. The van der Waals surface area contributed by atoms with Crippen LogP contribution in [0.5, 0.6) is 0 Å². The zero-order valence-electron chi connectivity index (χ0n) is 9.47. The third kappa shape index (κ3) is 2.99. The molecule has 0 aliphatic heterocycles. The van der Waals surface area contributed by atoms with Gasteiger partial charge in [0, 0.05) is 31.2 Å². The Morgan fingerprint density at radius 1 is 1.47 bits per heavy atom. The van der Waals surface area contributed by atoms with E-state index in [-0.39, 0.29) is 0 Å². The number of nitrogen functional groups attached to an aromatic ring is 1. The number of rotatable bonds is 5. The van der Waals surface area contributed by atoms with Gasteiger partial charge < -0.3 is 10.6 Å². The van der Waals surface area contributed by atoms with Gasteiger partial charge in [0.15, 0.2) is 11.6 Å². The topological polar surface area (TPSA) is 55.0 Å². The molecule has 2 N–H and O–H groups in total. The summed E-state index contributed by atoms with van der Waals surface area (Å²) in [6, 6.07) is 0.457. The molecule has 0 amide bonds. The zero-order chi connectivity index (χ0) is 11.3. The van der Waals surface area contributed by atoms with Crippen molar-refractivity contribution in [1.82, 2.24) is 9.97 Å². The van der Waals surface area contributed by atoms with Crippen LogP contribution in [0.2, 0.25) is 0 Å². The molecule has 84 valence electrons. The van der Waals surface area contributed by atoms with E-state index in [4.69, 9.17) is 5.73 Å². The molecule has 1 aromatic rings.